The fraction of sp³-hybridized carbons (Fsp3) is 0.471. The molecule has 0 bridgehead atoms. The first-order valence-corrected chi connectivity index (χ1v) is 8.56. The van der Waals surface area contributed by atoms with Crippen LogP contribution in [-0.4, -0.2) is 45.0 Å². The highest BCUT2D eigenvalue weighted by Gasteiger charge is 2.28. The van der Waals surface area contributed by atoms with Crippen LogP contribution in [0.1, 0.15) is 42.1 Å². The Kier molecular flexibility index (Phi) is 5.04. The summed E-state index contributed by atoms with van der Waals surface area (Å²) in [6.07, 6.45) is 5.73. The number of rotatable bonds is 4. The Balaban J connectivity index is 1.79. The van der Waals surface area contributed by atoms with Crippen molar-refractivity contribution >= 4 is 17.5 Å². The van der Waals surface area contributed by atoms with Crippen molar-refractivity contribution in [1.29, 1.82) is 0 Å². The smallest absolute Gasteiger partial charge is 0.274 e. The Morgan fingerprint density at radius 1 is 1.46 bits per heavy atom. The summed E-state index contributed by atoms with van der Waals surface area (Å²) in [4.78, 5) is 23.2. The number of aryl methyl sites for hydroxylation is 1. The van der Waals surface area contributed by atoms with E-state index in [1.165, 1.54) is 0 Å². The van der Waals surface area contributed by atoms with Crippen molar-refractivity contribution < 1.29 is 9.53 Å². The number of likely N-dealkylation sites (tertiary alicyclic amines) is 1. The van der Waals surface area contributed by atoms with Crippen molar-refractivity contribution in [2.75, 3.05) is 19.7 Å². The Hall–Kier alpha value is -2.08. The van der Waals surface area contributed by atoms with Crippen LogP contribution in [0.15, 0.2) is 24.5 Å². The van der Waals surface area contributed by atoms with Gasteiger partial charge in [-0.3, -0.25) is 4.79 Å². The van der Waals surface area contributed by atoms with Gasteiger partial charge >= 0.3 is 0 Å². The van der Waals surface area contributed by atoms with Crippen LogP contribution in [0.25, 0.3) is 0 Å². The van der Waals surface area contributed by atoms with Crippen LogP contribution in [0.4, 0.5) is 0 Å². The molecule has 2 aromatic heterocycles. The number of ether oxygens (including phenoxy) is 1. The van der Waals surface area contributed by atoms with Gasteiger partial charge in [0.2, 0.25) is 5.88 Å². The second-order valence-corrected chi connectivity index (χ2v) is 6.25. The van der Waals surface area contributed by atoms with Crippen LogP contribution < -0.4 is 4.74 Å². The largest absolute Gasteiger partial charge is 0.478 e. The summed E-state index contributed by atoms with van der Waals surface area (Å²) in [5.74, 6) is 1.23. The van der Waals surface area contributed by atoms with Crippen molar-refractivity contribution in [2.24, 2.45) is 0 Å². The van der Waals surface area contributed by atoms with Gasteiger partial charge in [-0.2, -0.15) is 0 Å². The maximum Gasteiger partial charge on any atom is 0.274 e. The lowest BCUT2D eigenvalue weighted by molar-refractivity contribution is 0.0671. The number of carbonyl (C=O) groups excluding carboxylic acids is 1. The van der Waals surface area contributed by atoms with Gasteiger partial charge in [-0.15, -0.1) is 0 Å². The molecule has 1 fully saturated rings. The van der Waals surface area contributed by atoms with E-state index in [1.807, 2.05) is 24.9 Å². The van der Waals surface area contributed by atoms with Crippen LogP contribution in [0.3, 0.4) is 0 Å². The fourth-order valence-corrected chi connectivity index (χ4v) is 3.28. The number of imidazole rings is 1. The standard InChI is InChI=1S/C17H21ClN4O2/c1-3-24-15-7-6-14(18)16(20-15)17(23)21-9-4-5-13(11-21)22-10-8-19-12(22)2/h6-8,10,13H,3-5,9,11H2,1-2H3/t13-/m1/s1. The molecule has 0 unspecified atom stereocenters. The molecule has 1 amide bonds. The zero-order valence-corrected chi connectivity index (χ0v) is 14.7. The minimum Gasteiger partial charge on any atom is -0.478 e. The van der Waals surface area contributed by atoms with E-state index in [4.69, 9.17) is 16.3 Å². The molecule has 1 aliphatic heterocycles. The molecule has 0 aromatic carbocycles. The number of pyridine rings is 1. The van der Waals surface area contributed by atoms with Crippen molar-refractivity contribution in [3.05, 3.63) is 41.1 Å². The molecular weight excluding hydrogens is 328 g/mol. The number of hydrogen-bond acceptors (Lipinski definition) is 4. The zero-order chi connectivity index (χ0) is 17.1. The van der Waals surface area contributed by atoms with Gasteiger partial charge in [0.25, 0.3) is 5.91 Å². The lowest BCUT2D eigenvalue weighted by Crippen LogP contribution is -2.41. The highest BCUT2D eigenvalue weighted by atomic mass is 35.5. The lowest BCUT2D eigenvalue weighted by Gasteiger charge is -2.33. The average molecular weight is 349 g/mol. The lowest BCUT2D eigenvalue weighted by atomic mass is 10.0. The maximum atomic E-state index is 12.9. The summed E-state index contributed by atoms with van der Waals surface area (Å²) in [6.45, 7) is 5.69. The predicted molar refractivity (Wildman–Crippen MR) is 91.6 cm³/mol. The molecular formula is C17H21ClN4O2. The van der Waals surface area contributed by atoms with E-state index in [9.17, 15) is 4.79 Å². The van der Waals surface area contributed by atoms with E-state index in [1.54, 1.807) is 18.3 Å². The molecule has 0 N–H and O–H groups in total. The molecule has 3 heterocycles. The van der Waals surface area contributed by atoms with E-state index in [0.29, 0.717) is 30.6 Å². The van der Waals surface area contributed by atoms with E-state index < -0.39 is 0 Å². The molecule has 24 heavy (non-hydrogen) atoms. The summed E-state index contributed by atoms with van der Waals surface area (Å²) in [6, 6.07) is 3.57. The van der Waals surface area contributed by atoms with E-state index >= 15 is 0 Å². The number of nitrogens with zero attached hydrogens (tertiary/aromatic N) is 4. The molecule has 0 aliphatic carbocycles. The normalized spacial score (nSPS) is 17.8. The van der Waals surface area contributed by atoms with Gasteiger partial charge in [-0.1, -0.05) is 11.6 Å². The minimum absolute atomic E-state index is 0.149. The van der Waals surface area contributed by atoms with Gasteiger partial charge in [-0.05, 0) is 32.8 Å². The van der Waals surface area contributed by atoms with Gasteiger partial charge < -0.3 is 14.2 Å². The van der Waals surface area contributed by atoms with Gasteiger partial charge in [0, 0.05) is 31.5 Å². The molecule has 2 aromatic rings. The molecule has 1 saturated heterocycles. The number of amides is 1. The fourth-order valence-electron chi connectivity index (χ4n) is 3.09. The first kappa shape index (κ1) is 16.8. The second kappa shape index (κ2) is 7.21. The molecule has 7 heteroatoms. The first-order valence-electron chi connectivity index (χ1n) is 8.18. The number of aromatic nitrogens is 3. The van der Waals surface area contributed by atoms with E-state index in [0.717, 1.165) is 18.7 Å². The number of halogens is 1. The molecule has 3 rings (SSSR count). The summed E-state index contributed by atoms with van der Waals surface area (Å²) in [5, 5.41) is 0.351. The van der Waals surface area contributed by atoms with Crippen molar-refractivity contribution in [2.45, 2.75) is 32.7 Å². The topological polar surface area (TPSA) is 60.2 Å². The maximum absolute atomic E-state index is 12.9. The van der Waals surface area contributed by atoms with Gasteiger partial charge in [0.1, 0.15) is 5.82 Å². The Morgan fingerprint density at radius 3 is 3.00 bits per heavy atom. The molecule has 0 saturated carbocycles. The van der Waals surface area contributed by atoms with Crippen LogP contribution in [0, 0.1) is 6.92 Å². The quantitative estimate of drug-likeness (QED) is 0.851. The van der Waals surface area contributed by atoms with Crippen LogP contribution in [0.2, 0.25) is 5.02 Å². The molecule has 128 valence electrons. The molecule has 1 atom stereocenters. The summed E-state index contributed by atoms with van der Waals surface area (Å²) in [5.41, 5.74) is 0.255. The molecule has 6 nitrogen and oxygen atoms in total. The van der Waals surface area contributed by atoms with Gasteiger partial charge in [0.15, 0.2) is 5.69 Å². The average Bonchev–Trinajstić information content (AvgIpc) is 3.02. The van der Waals surface area contributed by atoms with Gasteiger partial charge in [-0.25, -0.2) is 9.97 Å². The van der Waals surface area contributed by atoms with Crippen LogP contribution in [0.5, 0.6) is 5.88 Å². The first-order chi connectivity index (χ1) is 11.6. The Bertz CT molecular complexity index is 731. The zero-order valence-electron chi connectivity index (χ0n) is 13.9. The third-order valence-electron chi connectivity index (χ3n) is 4.25. The highest BCUT2D eigenvalue weighted by molar-refractivity contribution is 6.33. The highest BCUT2D eigenvalue weighted by Crippen LogP contribution is 2.26. The minimum atomic E-state index is -0.149. The van der Waals surface area contributed by atoms with Crippen molar-refractivity contribution in [3.63, 3.8) is 0 Å². The van der Waals surface area contributed by atoms with Crippen molar-refractivity contribution in [3.8, 4) is 5.88 Å². The SMILES string of the molecule is CCOc1ccc(Cl)c(C(=O)N2CCC[C@@H](n3ccnc3C)C2)n1. The monoisotopic (exact) mass is 348 g/mol. The predicted octanol–water partition coefficient (Wildman–Crippen LogP) is 3.12. The Morgan fingerprint density at radius 2 is 2.29 bits per heavy atom. The Labute approximate surface area is 146 Å². The van der Waals surface area contributed by atoms with E-state index in [2.05, 4.69) is 14.5 Å². The number of carbonyl (C=O) groups is 1. The third kappa shape index (κ3) is 3.38. The summed E-state index contributed by atoms with van der Waals surface area (Å²) < 4.78 is 7.51. The summed E-state index contributed by atoms with van der Waals surface area (Å²) in [7, 11) is 0. The third-order valence-corrected chi connectivity index (χ3v) is 4.56. The van der Waals surface area contributed by atoms with Crippen molar-refractivity contribution in [1.82, 2.24) is 19.4 Å². The van der Waals surface area contributed by atoms with Gasteiger partial charge in [0.05, 0.1) is 17.7 Å². The molecule has 1 aliphatic rings. The number of piperidine rings is 1. The second-order valence-electron chi connectivity index (χ2n) is 5.84. The summed E-state index contributed by atoms with van der Waals surface area (Å²) >= 11 is 6.19. The number of hydrogen-bond donors (Lipinski definition) is 0. The van der Waals surface area contributed by atoms with Crippen LogP contribution >= 0.6 is 11.6 Å². The van der Waals surface area contributed by atoms with E-state index in [-0.39, 0.29) is 17.6 Å². The van der Waals surface area contributed by atoms with Crippen LogP contribution in [-0.2, 0) is 0 Å². The molecule has 0 radical (unpaired) electrons. The molecule has 0 spiro atoms.